The molecule has 0 heterocycles. The lowest BCUT2D eigenvalue weighted by molar-refractivity contribution is 0.580. The summed E-state index contributed by atoms with van der Waals surface area (Å²) in [7, 11) is -6.61. The Kier molecular flexibility index (Phi) is 5.04. The first-order chi connectivity index (χ1) is 6.27. The van der Waals surface area contributed by atoms with Gasteiger partial charge in [0.05, 0.1) is 11.8 Å². The third kappa shape index (κ3) is 7.97. The first-order valence-electron chi connectivity index (χ1n) is 3.79. The number of rotatable bonds is 6. The molecule has 14 heavy (non-hydrogen) atoms. The molecule has 1 N–H and O–H groups in total. The Labute approximate surface area is 83.9 Å². The summed E-state index contributed by atoms with van der Waals surface area (Å²) >= 11 is 0. The van der Waals surface area contributed by atoms with E-state index >= 15 is 0 Å². The number of hydrogen-bond donors (Lipinski definition) is 1. The van der Waals surface area contributed by atoms with E-state index in [2.05, 4.69) is 4.72 Å². The van der Waals surface area contributed by atoms with Crippen molar-refractivity contribution in [1.82, 2.24) is 4.72 Å². The van der Waals surface area contributed by atoms with Gasteiger partial charge in [-0.1, -0.05) is 0 Å². The van der Waals surface area contributed by atoms with Crippen LogP contribution in [0.15, 0.2) is 0 Å². The molecule has 0 radical (unpaired) electrons. The van der Waals surface area contributed by atoms with Crippen LogP contribution in [0, 0.1) is 11.3 Å². The molecular formula is C6H12N2O4S2. The van der Waals surface area contributed by atoms with E-state index in [1.54, 1.807) is 0 Å². The van der Waals surface area contributed by atoms with Gasteiger partial charge in [0.25, 0.3) is 0 Å². The van der Waals surface area contributed by atoms with E-state index in [-0.39, 0.29) is 18.7 Å². The molecule has 0 saturated heterocycles. The van der Waals surface area contributed by atoms with E-state index in [4.69, 9.17) is 5.26 Å². The number of nitrogens with zero attached hydrogens (tertiary/aromatic N) is 1. The Morgan fingerprint density at radius 1 is 1.29 bits per heavy atom. The fourth-order valence-electron chi connectivity index (χ4n) is 0.698. The molecule has 82 valence electrons. The molecule has 8 heteroatoms. The highest BCUT2D eigenvalue weighted by molar-refractivity contribution is 7.90. The Hall–Kier alpha value is -0.650. The van der Waals surface area contributed by atoms with Crippen molar-refractivity contribution >= 4 is 19.9 Å². The SMILES string of the molecule is CS(=O)(=O)CCCNS(=O)(=O)CC#N. The van der Waals surface area contributed by atoms with E-state index in [0.717, 1.165) is 6.26 Å². The first kappa shape index (κ1) is 13.4. The quantitative estimate of drug-likeness (QED) is 0.591. The molecule has 0 aromatic rings. The average molecular weight is 240 g/mol. The van der Waals surface area contributed by atoms with Crippen LogP contribution in [0.5, 0.6) is 0 Å². The van der Waals surface area contributed by atoms with Crippen molar-refractivity contribution in [2.45, 2.75) is 6.42 Å². The van der Waals surface area contributed by atoms with E-state index in [1.807, 2.05) is 0 Å². The molecule has 0 fully saturated rings. The smallest absolute Gasteiger partial charge is 0.225 e. The predicted molar refractivity (Wildman–Crippen MR) is 51.7 cm³/mol. The molecule has 0 unspecified atom stereocenters. The largest absolute Gasteiger partial charge is 0.229 e. The van der Waals surface area contributed by atoms with Crippen molar-refractivity contribution < 1.29 is 16.8 Å². The van der Waals surface area contributed by atoms with Crippen LogP contribution in [-0.4, -0.2) is 41.1 Å². The third-order valence-electron chi connectivity index (χ3n) is 1.27. The van der Waals surface area contributed by atoms with E-state index < -0.39 is 25.6 Å². The van der Waals surface area contributed by atoms with Crippen LogP contribution in [0.3, 0.4) is 0 Å². The van der Waals surface area contributed by atoms with Crippen LogP contribution in [0.25, 0.3) is 0 Å². The summed E-state index contributed by atoms with van der Waals surface area (Å²) in [4.78, 5) is 0. The van der Waals surface area contributed by atoms with Crippen molar-refractivity contribution in [1.29, 1.82) is 5.26 Å². The normalized spacial score (nSPS) is 12.3. The number of nitriles is 1. The molecule has 0 saturated carbocycles. The number of hydrogen-bond acceptors (Lipinski definition) is 5. The highest BCUT2D eigenvalue weighted by Gasteiger charge is 2.08. The van der Waals surface area contributed by atoms with Crippen LogP contribution in [-0.2, 0) is 19.9 Å². The highest BCUT2D eigenvalue weighted by atomic mass is 32.2. The molecule has 0 aromatic heterocycles. The maximum absolute atomic E-state index is 10.9. The van der Waals surface area contributed by atoms with Gasteiger partial charge in [0.15, 0.2) is 5.75 Å². The van der Waals surface area contributed by atoms with Gasteiger partial charge in [-0.15, -0.1) is 0 Å². The Morgan fingerprint density at radius 3 is 2.29 bits per heavy atom. The summed E-state index contributed by atoms with van der Waals surface area (Å²) in [5.41, 5.74) is 0. The topological polar surface area (TPSA) is 104 Å². The van der Waals surface area contributed by atoms with Crippen molar-refractivity contribution in [2.24, 2.45) is 0 Å². The number of nitrogens with one attached hydrogen (secondary N) is 1. The highest BCUT2D eigenvalue weighted by Crippen LogP contribution is 1.89. The summed E-state index contributed by atoms with van der Waals surface area (Å²) in [6.45, 7) is 0.0388. The van der Waals surface area contributed by atoms with Gasteiger partial charge in [-0.25, -0.2) is 21.6 Å². The standard InChI is InChI=1S/C6H12N2O4S2/c1-13(9,10)5-2-4-8-14(11,12)6-3-7/h8H,2,4-6H2,1H3. The average Bonchev–Trinajstić information content (AvgIpc) is 1.96. The molecule has 0 bridgehead atoms. The molecule has 0 spiro atoms. The lowest BCUT2D eigenvalue weighted by Gasteiger charge is -2.01. The summed E-state index contributed by atoms with van der Waals surface area (Å²) in [5.74, 6) is -0.673. The molecule has 0 aliphatic carbocycles. The minimum Gasteiger partial charge on any atom is -0.229 e. The Bertz CT molecular complexity index is 404. The Balaban J connectivity index is 3.83. The van der Waals surface area contributed by atoms with Gasteiger partial charge in [-0.05, 0) is 6.42 Å². The summed E-state index contributed by atoms with van der Waals surface area (Å²) in [5, 5.41) is 8.12. The maximum atomic E-state index is 10.9. The zero-order valence-corrected chi connectivity index (χ0v) is 9.36. The molecule has 0 rings (SSSR count). The molecule has 0 amide bonds. The van der Waals surface area contributed by atoms with Crippen LogP contribution in [0.1, 0.15) is 6.42 Å². The molecule has 0 aliphatic rings. The monoisotopic (exact) mass is 240 g/mol. The first-order valence-corrected chi connectivity index (χ1v) is 7.50. The van der Waals surface area contributed by atoms with Gasteiger partial charge < -0.3 is 0 Å². The predicted octanol–water partition coefficient (Wildman–Crippen LogP) is -1.14. The molecule has 0 atom stereocenters. The zero-order valence-electron chi connectivity index (χ0n) is 7.73. The second-order valence-corrected chi connectivity index (χ2v) is 6.86. The minimum absolute atomic E-state index is 0.0388. The lowest BCUT2D eigenvalue weighted by atomic mass is 10.5. The van der Waals surface area contributed by atoms with Crippen molar-refractivity contribution in [3.63, 3.8) is 0 Å². The van der Waals surface area contributed by atoms with Gasteiger partial charge in [0.2, 0.25) is 10.0 Å². The summed E-state index contributed by atoms with van der Waals surface area (Å²) in [6, 6.07) is 1.50. The van der Waals surface area contributed by atoms with Gasteiger partial charge in [-0.2, -0.15) is 5.26 Å². The minimum atomic E-state index is -3.56. The second-order valence-electron chi connectivity index (χ2n) is 2.79. The second kappa shape index (κ2) is 5.29. The van der Waals surface area contributed by atoms with Crippen molar-refractivity contribution in [3.8, 4) is 6.07 Å². The molecular weight excluding hydrogens is 228 g/mol. The number of sulfonamides is 1. The fourth-order valence-corrected chi connectivity index (χ4v) is 2.09. The molecule has 0 aromatic carbocycles. The third-order valence-corrected chi connectivity index (χ3v) is 3.45. The summed E-state index contributed by atoms with van der Waals surface area (Å²) in [6.07, 6.45) is 1.29. The van der Waals surface area contributed by atoms with Gasteiger partial charge in [-0.3, -0.25) is 0 Å². The van der Waals surface area contributed by atoms with Crippen molar-refractivity contribution in [2.75, 3.05) is 24.3 Å². The Morgan fingerprint density at radius 2 is 1.86 bits per heavy atom. The van der Waals surface area contributed by atoms with Crippen LogP contribution >= 0.6 is 0 Å². The van der Waals surface area contributed by atoms with Gasteiger partial charge in [0, 0.05) is 12.8 Å². The number of sulfone groups is 1. The zero-order chi connectivity index (χ0) is 11.2. The van der Waals surface area contributed by atoms with E-state index in [0.29, 0.717) is 0 Å². The van der Waals surface area contributed by atoms with E-state index in [1.165, 1.54) is 6.07 Å². The fraction of sp³-hybridized carbons (Fsp3) is 0.833. The van der Waals surface area contributed by atoms with Crippen LogP contribution < -0.4 is 4.72 Å². The van der Waals surface area contributed by atoms with Crippen LogP contribution in [0.4, 0.5) is 0 Å². The van der Waals surface area contributed by atoms with Gasteiger partial charge >= 0.3 is 0 Å². The maximum Gasteiger partial charge on any atom is 0.225 e. The molecule has 0 aliphatic heterocycles. The van der Waals surface area contributed by atoms with E-state index in [9.17, 15) is 16.8 Å². The molecule has 6 nitrogen and oxygen atoms in total. The van der Waals surface area contributed by atoms with Crippen molar-refractivity contribution in [3.05, 3.63) is 0 Å². The lowest BCUT2D eigenvalue weighted by Crippen LogP contribution is -2.27. The summed E-state index contributed by atoms with van der Waals surface area (Å²) < 4.78 is 45.2. The van der Waals surface area contributed by atoms with Crippen LogP contribution in [0.2, 0.25) is 0 Å². The van der Waals surface area contributed by atoms with Gasteiger partial charge in [0.1, 0.15) is 9.84 Å².